The molecule has 2 aromatic rings. The SMILES string of the molecule is COc1ccc([C@@H]2C(C#N)=C(N)S[C@H]2C(=O)NC(=O)Nc2ccc(C)cc2)cc1. The van der Waals surface area contributed by atoms with Crippen LogP contribution in [0.25, 0.3) is 0 Å². The largest absolute Gasteiger partial charge is 0.497 e. The van der Waals surface area contributed by atoms with E-state index in [1.165, 1.54) is 0 Å². The van der Waals surface area contributed by atoms with Crippen LogP contribution in [0, 0.1) is 18.3 Å². The predicted molar refractivity (Wildman–Crippen MR) is 112 cm³/mol. The number of nitrogens with zero attached hydrogens (tertiary/aromatic N) is 1. The lowest BCUT2D eigenvalue weighted by Gasteiger charge is -2.19. The van der Waals surface area contributed by atoms with Gasteiger partial charge in [0, 0.05) is 11.6 Å². The average Bonchev–Trinajstić information content (AvgIpc) is 3.06. The van der Waals surface area contributed by atoms with Crippen LogP contribution in [0.1, 0.15) is 17.0 Å². The molecule has 7 nitrogen and oxygen atoms in total. The van der Waals surface area contributed by atoms with Crippen molar-refractivity contribution >= 4 is 29.4 Å². The van der Waals surface area contributed by atoms with Crippen molar-refractivity contribution in [3.8, 4) is 11.8 Å². The monoisotopic (exact) mass is 408 g/mol. The van der Waals surface area contributed by atoms with E-state index in [2.05, 4.69) is 16.7 Å². The number of hydrogen-bond donors (Lipinski definition) is 3. The minimum atomic E-state index is -0.734. The molecular formula is C21H20N4O3S. The molecule has 148 valence electrons. The van der Waals surface area contributed by atoms with E-state index >= 15 is 0 Å². The second-order valence-electron chi connectivity index (χ2n) is 6.49. The Morgan fingerprint density at radius 3 is 2.38 bits per heavy atom. The van der Waals surface area contributed by atoms with Gasteiger partial charge in [-0.25, -0.2) is 4.79 Å². The summed E-state index contributed by atoms with van der Waals surface area (Å²) in [7, 11) is 1.56. The van der Waals surface area contributed by atoms with Crippen molar-refractivity contribution in [3.05, 3.63) is 70.3 Å². The highest BCUT2D eigenvalue weighted by Crippen LogP contribution is 2.45. The van der Waals surface area contributed by atoms with E-state index in [0.29, 0.717) is 17.0 Å². The lowest BCUT2D eigenvalue weighted by molar-refractivity contribution is -0.119. The highest BCUT2D eigenvalue weighted by Gasteiger charge is 2.41. The zero-order valence-electron chi connectivity index (χ0n) is 15.9. The van der Waals surface area contributed by atoms with Crippen LogP contribution in [0.4, 0.5) is 10.5 Å². The first-order valence-electron chi connectivity index (χ1n) is 8.81. The van der Waals surface area contributed by atoms with Crippen LogP contribution in [0.2, 0.25) is 0 Å². The molecule has 0 aromatic heterocycles. The topological polar surface area (TPSA) is 117 Å². The number of rotatable bonds is 4. The summed E-state index contributed by atoms with van der Waals surface area (Å²) >= 11 is 1.08. The van der Waals surface area contributed by atoms with Crippen molar-refractivity contribution in [3.63, 3.8) is 0 Å². The molecule has 29 heavy (non-hydrogen) atoms. The smallest absolute Gasteiger partial charge is 0.325 e. The van der Waals surface area contributed by atoms with Gasteiger partial charge in [0.25, 0.3) is 0 Å². The molecule has 2 aromatic carbocycles. The van der Waals surface area contributed by atoms with E-state index in [1.807, 2.05) is 19.1 Å². The lowest BCUT2D eigenvalue weighted by atomic mass is 9.88. The molecule has 0 spiro atoms. The molecule has 0 bridgehead atoms. The molecule has 0 fully saturated rings. The minimum absolute atomic E-state index is 0.285. The Kier molecular flexibility index (Phi) is 6.10. The van der Waals surface area contributed by atoms with E-state index in [4.69, 9.17) is 10.5 Å². The second-order valence-corrected chi connectivity index (χ2v) is 7.67. The van der Waals surface area contributed by atoms with Crippen LogP contribution in [-0.2, 0) is 4.79 Å². The quantitative estimate of drug-likeness (QED) is 0.715. The fraction of sp³-hybridized carbons (Fsp3) is 0.190. The predicted octanol–water partition coefficient (Wildman–Crippen LogP) is 3.24. The normalized spacial score (nSPS) is 18.1. The third kappa shape index (κ3) is 4.52. The molecule has 0 unspecified atom stereocenters. The first-order valence-corrected chi connectivity index (χ1v) is 9.69. The van der Waals surface area contributed by atoms with Gasteiger partial charge in [-0.05, 0) is 36.8 Å². The van der Waals surface area contributed by atoms with Gasteiger partial charge in [-0.15, -0.1) is 0 Å². The first-order chi connectivity index (χ1) is 13.9. The fourth-order valence-electron chi connectivity index (χ4n) is 3.04. The summed E-state index contributed by atoms with van der Waals surface area (Å²) in [4.78, 5) is 25.0. The Morgan fingerprint density at radius 2 is 1.79 bits per heavy atom. The molecule has 0 saturated carbocycles. The number of benzene rings is 2. The standard InChI is InChI=1S/C21H20N4O3S/c1-12-3-7-14(8-4-12)24-21(27)25-20(26)18-17(16(11-22)19(23)29-18)13-5-9-15(28-2)10-6-13/h3-10,17-18H,23H2,1-2H3,(H2,24,25,26,27)/t17-,18-/m1/s1. The molecule has 1 aliphatic rings. The molecule has 1 aliphatic heterocycles. The van der Waals surface area contributed by atoms with Gasteiger partial charge in [0.15, 0.2) is 0 Å². The van der Waals surface area contributed by atoms with E-state index in [9.17, 15) is 14.9 Å². The van der Waals surface area contributed by atoms with Crippen molar-refractivity contribution in [2.24, 2.45) is 5.73 Å². The summed E-state index contributed by atoms with van der Waals surface area (Å²) in [6, 6.07) is 15.7. The fourth-order valence-corrected chi connectivity index (χ4v) is 4.21. The van der Waals surface area contributed by atoms with Gasteiger partial charge in [-0.3, -0.25) is 10.1 Å². The molecule has 3 amide bonds. The molecule has 4 N–H and O–H groups in total. The van der Waals surface area contributed by atoms with Crippen molar-refractivity contribution in [1.29, 1.82) is 5.26 Å². The highest BCUT2D eigenvalue weighted by molar-refractivity contribution is 8.04. The number of urea groups is 1. The average molecular weight is 408 g/mol. The maximum atomic E-state index is 12.8. The van der Waals surface area contributed by atoms with Crippen LogP contribution < -0.4 is 21.1 Å². The lowest BCUT2D eigenvalue weighted by Crippen LogP contribution is -2.41. The van der Waals surface area contributed by atoms with Crippen molar-refractivity contribution in [2.75, 3.05) is 12.4 Å². The number of thioether (sulfide) groups is 1. The Morgan fingerprint density at radius 1 is 1.14 bits per heavy atom. The summed E-state index contributed by atoms with van der Waals surface area (Å²) in [5, 5.41) is 14.1. The van der Waals surface area contributed by atoms with Crippen LogP contribution >= 0.6 is 11.8 Å². The van der Waals surface area contributed by atoms with Crippen molar-refractivity contribution < 1.29 is 14.3 Å². The van der Waals surface area contributed by atoms with E-state index < -0.39 is 23.1 Å². The van der Waals surface area contributed by atoms with Gasteiger partial charge in [0.2, 0.25) is 5.91 Å². The molecule has 2 atom stereocenters. The number of amides is 3. The van der Waals surface area contributed by atoms with Gasteiger partial charge in [-0.2, -0.15) is 5.26 Å². The molecule has 8 heteroatoms. The van der Waals surface area contributed by atoms with E-state index in [0.717, 1.165) is 22.9 Å². The third-order valence-corrected chi connectivity index (χ3v) is 5.75. The van der Waals surface area contributed by atoms with E-state index in [-0.39, 0.29) is 5.03 Å². The molecule has 3 rings (SSSR count). The number of nitrogens with one attached hydrogen (secondary N) is 2. The van der Waals surface area contributed by atoms with Gasteiger partial charge in [0.05, 0.1) is 23.8 Å². The number of carbonyl (C=O) groups excluding carboxylic acids is 2. The summed E-state index contributed by atoms with van der Waals surface area (Å²) in [6.45, 7) is 1.94. The number of anilines is 1. The number of nitrogens with two attached hydrogens (primary N) is 1. The molecular weight excluding hydrogens is 388 g/mol. The number of allylic oxidation sites excluding steroid dienone is 1. The Balaban J connectivity index is 1.76. The molecule has 1 heterocycles. The number of ether oxygens (including phenoxy) is 1. The van der Waals surface area contributed by atoms with Crippen LogP contribution in [0.5, 0.6) is 5.75 Å². The maximum absolute atomic E-state index is 12.8. The Labute approximate surface area is 172 Å². The minimum Gasteiger partial charge on any atom is -0.497 e. The number of nitriles is 1. The van der Waals surface area contributed by atoms with Gasteiger partial charge in [0.1, 0.15) is 11.0 Å². The van der Waals surface area contributed by atoms with Crippen LogP contribution in [-0.4, -0.2) is 24.3 Å². The van der Waals surface area contributed by atoms with Crippen molar-refractivity contribution in [1.82, 2.24) is 5.32 Å². The maximum Gasteiger partial charge on any atom is 0.325 e. The Bertz CT molecular complexity index is 994. The second kappa shape index (κ2) is 8.71. The molecule has 0 radical (unpaired) electrons. The summed E-state index contributed by atoms with van der Waals surface area (Å²) in [5.74, 6) is -0.412. The Hall–Kier alpha value is -3.44. The number of aryl methyl sites for hydroxylation is 1. The van der Waals surface area contributed by atoms with Gasteiger partial charge < -0.3 is 15.8 Å². The summed E-state index contributed by atoms with van der Waals surface area (Å²) in [5.41, 5.74) is 8.68. The number of carbonyl (C=O) groups is 2. The van der Waals surface area contributed by atoms with Gasteiger partial charge >= 0.3 is 6.03 Å². The summed E-state index contributed by atoms with van der Waals surface area (Å²) < 4.78 is 5.16. The third-order valence-electron chi connectivity index (χ3n) is 4.53. The first kappa shape index (κ1) is 20.3. The zero-order valence-corrected chi connectivity index (χ0v) is 16.7. The van der Waals surface area contributed by atoms with E-state index in [1.54, 1.807) is 43.5 Å². The molecule has 0 saturated heterocycles. The number of methoxy groups -OCH3 is 1. The molecule has 0 aliphatic carbocycles. The number of hydrogen-bond acceptors (Lipinski definition) is 6. The number of imide groups is 1. The van der Waals surface area contributed by atoms with Crippen LogP contribution in [0.3, 0.4) is 0 Å². The van der Waals surface area contributed by atoms with Crippen LogP contribution in [0.15, 0.2) is 59.1 Å². The highest BCUT2D eigenvalue weighted by atomic mass is 32.2. The van der Waals surface area contributed by atoms with Gasteiger partial charge in [-0.1, -0.05) is 41.6 Å². The summed E-state index contributed by atoms with van der Waals surface area (Å²) in [6.07, 6.45) is 0. The van der Waals surface area contributed by atoms with Crippen molar-refractivity contribution in [2.45, 2.75) is 18.1 Å². The zero-order chi connectivity index (χ0) is 21.0.